The molecule has 0 saturated heterocycles. The number of carboxylic acids is 1. The summed E-state index contributed by atoms with van der Waals surface area (Å²) in [5, 5.41) is 30.0. The Morgan fingerprint density at radius 3 is 2.63 bits per heavy atom. The van der Waals surface area contributed by atoms with Gasteiger partial charge in [0.25, 0.3) is 0 Å². The zero-order valence-corrected chi connectivity index (χ0v) is 16.6. The largest absolute Gasteiger partial charge is 0.512 e. The fraction of sp³-hybridized carbons (Fsp3) is 0.783. The predicted molar refractivity (Wildman–Crippen MR) is 106 cm³/mol. The Morgan fingerprint density at radius 1 is 1.19 bits per heavy atom. The van der Waals surface area contributed by atoms with E-state index in [-0.39, 0.29) is 12.3 Å². The Bertz CT molecular complexity index is 571. The van der Waals surface area contributed by atoms with E-state index in [1.165, 1.54) is 31.3 Å². The lowest BCUT2D eigenvalue weighted by atomic mass is 9.80. The Morgan fingerprint density at radius 2 is 1.93 bits per heavy atom. The van der Waals surface area contributed by atoms with Crippen LogP contribution in [0, 0.1) is 29.6 Å². The van der Waals surface area contributed by atoms with Crippen molar-refractivity contribution in [2.75, 3.05) is 0 Å². The highest BCUT2D eigenvalue weighted by atomic mass is 16.4. The minimum atomic E-state index is -0.724. The van der Waals surface area contributed by atoms with Gasteiger partial charge in [0, 0.05) is 12.3 Å². The number of aliphatic hydroxyl groups excluding tert-OH is 2. The molecule has 3 N–H and O–H groups in total. The summed E-state index contributed by atoms with van der Waals surface area (Å²) in [6.45, 7) is 2.32. The van der Waals surface area contributed by atoms with E-state index < -0.39 is 12.1 Å². The molecule has 0 heterocycles. The summed E-state index contributed by atoms with van der Waals surface area (Å²) in [5.41, 5.74) is 1.39. The second kappa shape index (κ2) is 9.27. The second-order valence-electron chi connectivity index (χ2n) is 9.28. The van der Waals surface area contributed by atoms with Crippen molar-refractivity contribution in [1.82, 2.24) is 0 Å². The van der Waals surface area contributed by atoms with Crippen molar-refractivity contribution in [3.05, 3.63) is 23.5 Å². The fourth-order valence-electron chi connectivity index (χ4n) is 5.51. The second-order valence-corrected chi connectivity index (χ2v) is 9.28. The van der Waals surface area contributed by atoms with Crippen LogP contribution in [0.4, 0.5) is 0 Å². The average Bonchev–Trinajstić information content (AvgIpc) is 3.13. The van der Waals surface area contributed by atoms with Gasteiger partial charge in [-0.1, -0.05) is 31.4 Å². The third kappa shape index (κ3) is 5.37. The van der Waals surface area contributed by atoms with Crippen LogP contribution in [0.3, 0.4) is 0 Å². The highest BCUT2D eigenvalue weighted by Crippen LogP contribution is 2.50. The van der Waals surface area contributed by atoms with Gasteiger partial charge < -0.3 is 15.3 Å². The molecular weight excluding hydrogens is 340 g/mol. The Hall–Kier alpha value is -1.29. The minimum Gasteiger partial charge on any atom is -0.512 e. The van der Waals surface area contributed by atoms with Gasteiger partial charge in [-0.2, -0.15) is 0 Å². The normalized spacial score (nSPS) is 36.5. The van der Waals surface area contributed by atoms with Gasteiger partial charge in [0.1, 0.15) is 0 Å². The number of aliphatic carboxylic acids is 1. The van der Waals surface area contributed by atoms with Gasteiger partial charge in [-0.15, -0.1) is 0 Å². The lowest BCUT2D eigenvalue weighted by molar-refractivity contribution is -0.137. The third-order valence-electron chi connectivity index (χ3n) is 7.16. The van der Waals surface area contributed by atoms with E-state index in [0.717, 1.165) is 44.4 Å². The first-order valence-electron chi connectivity index (χ1n) is 10.9. The molecule has 0 spiro atoms. The standard InChI is InChI=1S/C23H36O4/c1-15-6-8-16(9-7-15)10-11-20(24)23-19-13-17(4-2-3-5-22(26)27)12-18(19)14-21(23)25/h11-12,15-16,18-19,21,23-25H,2-10,13-14H2,1H3,(H,26,27)/t15?,16?,18-,19-,21-,23+/m1/s1. The van der Waals surface area contributed by atoms with Crippen molar-refractivity contribution >= 4 is 5.97 Å². The number of hydrogen-bond donors (Lipinski definition) is 3. The van der Waals surface area contributed by atoms with Crippen LogP contribution in [0.15, 0.2) is 23.5 Å². The molecular formula is C23H36O4. The van der Waals surface area contributed by atoms with Crippen LogP contribution in [0.2, 0.25) is 0 Å². The topological polar surface area (TPSA) is 77.8 Å². The molecule has 0 aliphatic heterocycles. The number of aliphatic hydroxyl groups is 2. The number of allylic oxidation sites excluding steroid dienone is 3. The zero-order chi connectivity index (χ0) is 19.4. The van der Waals surface area contributed by atoms with Crippen LogP contribution in [0.1, 0.15) is 77.6 Å². The first-order valence-corrected chi connectivity index (χ1v) is 10.9. The Balaban J connectivity index is 1.50. The van der Waals surface area contributed by atoms with Crippen molar-refractivity contribution in [2.45, 2.75) is 83.7 Å². The summed E-state index contributed by atoms with van der Waals surface area (Å²) in [5.74, 6) is 1.78. The highest BCUT2D eigenvalue weighted by molar-refractivity contribution is 5.66. The Labute approximate surface area is 163 Å². The minimum absolute atomic E-state index is 0.120. The molecule has 4 atom stereocenters. The van der Waals surface area contributed by atoms with Crippen LogP contribution in [-0.4, -0.2) is 27.4 Å². The molecule has 0 aromatic heterocycles. The summed E-state index contributed by atoms with van der Waals surface area (Å²) in [4.78, 5) is 10.6. The van der Waals surface area contributed by atoms with E-state index >= 15 is 0 Å². The maximum absolute atomic E-state index is 10.7. The van der Waals surface area contributed by atoms with Crippen molar-refractivity contribution in [1.29, 1.82) is 0 Å². The molecule has 4 nitrogen and oxygen atoms in total. The third-order valence-corrected chi connectivity index (χ3v) is 7.16. The number of hydrogen-bond acceptors (Lipinski definition) is 3. The summed E-state index contributed by atoms with van der Waals surface area (Å²) in [6.07, 6.45) is 14.4. The Kier molecular flexibility index (Phi) is 7.02. The number of carbonyl (C=O) groups is 1. The number of carboxylic acid groups (broad SMARTS) is 1. The fourth-order valence-corrected chi connectivity index (χ4v) is 5.51. The predicted octanol–water partition coefficient (Wildman–Crippen LogP) is 5.23. The molecule has 2 saturated carbocycles. The van der Waals surface area contributed by atoms with Crippen molar-refractivity contribution in [2.24, 2.45) is 29.6 Å². The molecule has 0 aromatic carbocycles. The first kappa shape index (κ1) is 20.4. The lowest BCUT2D eigenvalue weighted by Crippen LogP contribution is -2.22. The monoisotopic (exact) mass is 376 g/mol. The number of unbranched alkanes of at least 4 members (excludes halogenated alkanes) is 1. The van der Waals surface area contributed by atoms with Gasteiger partial charge in [-0.25, -0.2) is 0 Å². The number of rotatable bonds is 8. The van der Waals surface area contributed by atoms with Crippen molar-refractivity contribution < 1.29 is 20.1 Å². The maximum atomic E-state index is 10.7. The smallest absolute Gasteiger partial charge is 0.303 e. The first-order chi connectivity index (χ1) is 12.9. The van der Waals surface area contributed by atoms with E-state index in [2.05, 4.69) is 13.0 Å². The van der Waals surface area contributed by atoms with E-state index in [1.807, 2.05) is 6.08 Å². The lowest BCUT2D eigenvalue weighted by Gasteiger charge is -2.26. The van der Waals surface area contributed by atoms with Gasteiger partial charge in [0.15, 0.2) is 0 Å². The summed E-state index contributed by atoms with van der Waals surface area (Å²) in [6, 6.07) is 0. The van der Waals surface area contributed by atoms with Crippen LogP contribution in [0.25, 0.3) is 0 Å². The van der Waals surface area contributed by atoms with Crippen LogP contribution < -0.4 is 0 Å². The molecule has 0 amide bonds. The summed E-state index contributed by atoms with van der Waals surface area (Å²) in [7, 11) is 0. The molecule has 152 valence electrons. The molecule has 3 rings (SSSR count). The van der Waals surface area contributed by atoms with Gasteiger partial charge in [-0.3, -0.25) is 4.79 Å². The van der Waals surface area contributed by atoms with E-state index in [4.69, 9.17) is 5.11 Å². The van der Waals surface area contributed by atoms with Crippen LogP contribution >= 0.6 is 0 Å². The molecule has 27 heavy (non-hydrogen) atoms. The molecule has 0 unspecified atom stereocenters. The zero-order valence-electron chi connectivity index (χ0n) is 16.6. The summed E-state index contributed by atoms with van der Waals surface area (Å²) >= 11 is 0. The molecule has 0 radical (unpaired) electrons. The van der Waals surface area contributed by atoms with Crippen LogP contribution in [0.5, 0.6) is 0 Å². The van der Waals surface area contributed by atoms with Gasteiger partial charge in [0.2, 0.25) is 0 Å². The molecule has 0 bridgehead atoms. The molecule has 3 aliphatic carbocycles. The molecule has 2 fully saturated rings. The van der Waals surface area contributed by atoms with Gasteiger partial charge in [-0.05, 0) is 81.1 Å². The molecule has 0 aromatic rings. The van der Waals surface area contributed by atoms with E-state index in [9.17, 15) is 15.0 Å². The quantitative estimate of drug-likeness (QED) is 0.308. The SMILES string of the molecule is CC1CCC(CC=C(O)[C@@H]2[C@@H]3CC(CCCCC(=O)O)=C[C@@H]3C[C@H]2O)CC1. The molecule has 3 aliphatic rings. The highest BCUT2D eigenvalue weighted by Gasteiger charge is 2.46. The van der Waals surface area contributed by atoms with Gasteiger partial charge in [0.05, 0.1) is 11.9 Å². The van der Waals surface area contributed by atoms with Crippen molar-refractivity contribution in [3.8, 4) is 0 Å². The molecule has 4 heteroatoms. The average molecular weight is 377 g/mol. The van der Waals surface area contributed by atoms with Crippen molar-refractivity contribution in [3.63, 3.8) is 0 Å². The van der Waals surface area contributed by atoms with E-state index in [1.54, 1.807) is 0 Å². The number of fused-ring (bicyclic) bond motifs is 1. The summed E-state index contributed by atoms with van der Waals surface area (Å²) < 4.78 is 0. The van der Waals surface area contributed by atoms with E-state index in [0.29, 0.717) is 23.5 Å². The van der Waals surface area contributed by atoms with Crippen LogP contribution in [-0.2, 0) is 4.79 Å². The maximum Gasteiger partial charge on any atom is 0.303 e. The van der Waals surface area contributed by atoms with Gasteiger partial charge >= 0.3 is 5.97 Å².